The van der Waals surface area contributed by atoms with Gasteiger partial charge in [0.2, 0.25) is 0 Å². The lowest BCUT2D eigenvalue weighted by atomic mass is 10.0. The van der Waals surface area contributed by atoms with Crippen molar-refractivity contribution in [3.63, 3.8) is 0 Å². The minimum Gasteiger partial charge on any atom is -0.319 e. The van der Waals surface area contributed by atoms with Gasteiger partial charge in [-0.2, -0.15) is 0 Å². The number of rotatable bonds is 3. The van der Waals surface area contributed by atoms with Gasteiger partial charge < -0.3 is 4.57 Å². The lowest BCUT2D eigenvalue weighted by Gasteiger charge is -2.11. The van der Waals surface area contributed by atoms with E-state index in [1.807, 2.05) is 12.4 Å². The zero-order valence-electron chi connectivity index (χ0n) is 15.1. The second-order valence-electron chi connectivity index (χ2n) is 6.90. The minimum atomic E-state index is 0.765. The Kier molecular flexibility index (Phi) is 3.72. The second-order valence-corrected chi connectivity index (χ2v) is 6.90. The smallest absolute Gasteiger partial charge is 0.142 e. The maximum Gasteiger partial charge on any atom is 0.142 e. The average Bonchev–Trinajstić information content (AvgIpc) is 3.05. The van der Waals surface area contributed by atoms with Crippen LogP contribution in [0.2, 0.25) is 0 Å². The van der Waals surface area contributed by atoms with Crippen molar-refractivity contribution in [2.45, 2.75) is 13.5 Å². The predicted molar refractivity (Wildman–Crippen MR) is 111 cm³/mol. The molecule has 0 saturated heterocycles. The molecule has 3 nitrogen and oxygen atoms in total. The summed E-state index contributed by atoms with van der Waals surface area (Å²) in [4.78, 5) is 9.18. The highest BCUT2D eigenvalue weighted by molar-refractivity contribution is 5.97. The topological polar surface area (TPSA) is 30.7 Å². The van der Waals surface area contributed by atoms with Crippen LogP contribution in [0.25, 0.3) is 33.2 Å². The van der Waals surface area contributed by atoms with Gasteiger partial charge in [-0.05, 0) is 53.1 Å². The van der Waals surface area contributed by atoms with Gasteiger partial charge in [-0.1, -0.05) is 48.5 Å². The molecule has 5 rings (SSSR count). The zero-order valence-corrected chi connectivity index (χ0v) is 15.1. The summed E-state index contributed by atoms with van der Waals surface area (Å²) in [6.45, 7) is 2.87. The number of pyridine rings is 1. The quantitative estimate of drug-likeness (QED) is 0.424. The van der Waals surface area contributed by atoms with Crippen molar-refractivity contribution >= 4 is 21.8 Å². The number of aryl methyl sites for hydroxylation is 1. The van der Waals surface area contributed by atoms with Gasteiger partial charge in [-0.3, -0.25) is 4.98 Å². The molecule has 3 aromatic carbocycles. The fourth-order valence-corrected chi connectivity index (χ4v) is 3.70. The number of imidazole rings is 1. The first-order chi connectivity index (χ1) is 13.3. The highest BCUT2D eigenvalue weighted by Gasteiger charge is 2.15. The van der Waals surface area contributed by atoms with E-state index in [4.69, 9.17) is 4.98 Å². The van der Waals surface area contributed by atoms with Crippen LogP contribution in [0.15, 0.2) is 85.2 Å². The summed E-state index contributed by atoms with van der Waals surface area (Å²) < 4.78 is 2.31. The van der Waals surface area contributed by atoms with Crippen LogP contribution < -0.4 is 0 Å². The average molecular weight is 349 g/mol. The Morgan fingerprint density at radius 3 is 2.56 bits per heavy atom. The normalized spacial score (nSPS) is 11.3. The molecule has 0 atom stereocenters. The third-order valence-electron chi connectivity index (χ3n) is 5.02. The number of hydrogen-bond acceptors (Lipinski definition) is 2. The largest absolute Gasteiger partial charge is 0.319 e. The van der Waals surface area contributed by atoms with Gasteiger partial charge in [0.15, 0.2) is 0 Å². The molecule has 0 N–H and O–H groups in total. The summed E-state index contributed by atoms with van der Waals surface area (Å²) >= 11 is 0. The van der Waals surface area contributed by atoms with Gasteiger partial charge in [-0.25, -0.2) is 4.98 Å². The van der Waals surface area contributed by atoms with E-state index >= 15 is 0 Å². The van der Waals surface area contributed by atoms with E-state index in [9.17, 15) is 0 Å². The molecule has 2 aromatic heterocycles. The molecule has 5 aromatic rings. The molecule has 0 radical (unpaired) electrons. The molecular weight excluding hydrogens is 330 g/mol. The Morgan fingerprint density at radius 2 is 1.67 bits per heavy atom. The van der Waals surface area contributed by atoms with Gasteiger partial charge in [-0.15, -0.1) is 0 Å². The fourth-order valence-electron chi connectivity index (χ4n) is 3.70. The Balaban J connectivity index is 1.79. The predicted octanol–water partition coefficient (Wildman–Crippen LogP) is 5.61. The van der Waals surface area contributed by atoms with Crippen molar-refractivity contribution in [2.24, 2.45) is 0 Å². The van der Waals surface area contributed by atoms with Gasteiger partial charge in [0.05, 0.1) is 11.0 Å². The molecule has 0 aliphatic carbocycles. The van der Waals surface area contributed by atoms with Crippen molar-refractivity contribution in [1.82, 2.24) is 14.5 Å². The second kappa shape index (κ2) is 6.36. The van der Waals surface area contributed by atoms with Gasteiger partial charge in [0, 0.05) is 24.5 Å². The van der Waals surface area contributed by atoms with E-state index < -0.39 is 0 Å². The third kappa shape index (κ3) is 2.77. The number of benzene rings is 3. The van der Waals surface area contributed by atoms with Crippen molar-refractivity contribution in [3.8, 4) is 11.4 Å². The lowest BCUT2D eigenvalue weighted by Crippen LogP contribution is -2.02. The first-order valence-corrected chi connectivity index (χ1v) is 9.13. The molecule has 0 aliphatic heterocycles. The summed E-state index contributed by atoms with van der Waals surface area (Å²) in [6, 6.07) is 25.5. The highest BCUT2D eigenvalue weighted by Crippen LogP contribution is 2.31. The number of hydrogen-bond donors (Lipinski definition) is 0. The Morgan fingerprint density at radius 1 is 0.852 bits per heavy atom. The van der Waals surface area contributed by atoms with E-state index in [1.54, 1.807) is 0 Å². The monoisotopic (exact) mass is 349 g/mol. The van der Waals surface area contributed by atoms with Crippen molar-refractivity contribution in [3.05, 3.63) is 96.3 Å². The van der Waals surface area contributed by atoms with E-state index in [-0.39, 0.29) is 0 Å². The molecule has 0 fully saturated rings. The van der Waals surface area contributed by atoms with Gasteiger partial charge >= 0.3 is 0 Å². The maximum atomic E-state index is 5.04. The Hall–Kier alpha value is -3.46. The van der Waals surface area contributed by atoms with Crippen LogP contribution >= 0.6 is 0 Å². The van der Waals surface area contributed by atoms with E-state index in [0.29, 0.717) is 0 Å². The number of nitrogens with zero attached hydrogens (tertiary/aromatic N) is 3. The first kappa shape index (κ1) is 15.8. The molecule has 0 saturated carbocycles. The molecule has 0 spiro atoms. The number of fused-ring (bicyclic) bond motifs is 2. The van der Waals surface area contributed by atoms with Crippen LogP contribution in [-0.4, -0.2) is 14.5 Å². The molecular formula is C24H19N3. The summed E-state index contributed by atoms with van der Waals surface area (Å²) in [5, 5.41) is 2.46. The van der Waals surface area contributed by atoms with Crippen molar-refractivity contribution in [1.29, 1.82) is 0 Å². The summed E-state index contributed by atoms with van der Waals surface area (Å²) in [5.74, 6) is 1.00. The zero-order chi connectivity index (χ0) is 18.2. The van der Waals surface area contributed by atoms with Crippen molar-refractivity contribution in [2.75, 3.05) is 0 Å². The van der Waals surface area contributed by atoms with Crippen molar-refractivity contribution < 1.29 is 0 Å². The molecule has 2 heterocycles. The standard InChI is InChI=1S/C24H19N3/c1-17-9-10-23-22(15-17)26-24(27(23)16-18-11-13-25-14-12-18)21-8-4-6-19-5-2-3-7-20(19)21/h2-15H,16H2,1H3. The van der Waals surface area contributed by atoms with Crippen LogP contribution in [-0.2, 0) is 6.54 Å². The Bertz CT molecular complexity index is 1250. The summed E-state index contributed by atoms with van der Waals surface area (Å²) in [5.41, 5.74) is 5.79. The van der Waals surface area contributed by atoms with Crippen LogP contribution in [0.5, 0.6) is 0 Å². The molecule has 130 valence electrons. The minimum absolute atomic E-state index is 0.765. The van der Waals surface area contributed by atoms with Crippen LogP contribution in [0.4, 0.5) is 0 Å². The SMILES string of the molecule is Cc1ccc2c(c1)nc(-c1cccc3ccccc13)n2Cc1ccncc1. The van der Waals surface area contributed by atoms with E-state index in [1.165, 1.54) is 21.9 Å². The molecule has 0 amide bonds. The highest BCUT2D eigenvalue weighted by atomic mass is 15.1. The molecule has 0 aliphatic rings. The number of aromatic nitrogens is 3. The lowest BCUT2D eigenvalue weighted by molar-refractivity contribution is 0.833. The summed E-state index contributed by atoms with van der Waals surface area (Å²) in [6.07, 6.45) is 3.69. The molecule has 0 bridgehead atoms. The van der Waals surface area contributed by atoms with Gasteiger partial charge in [0.1, 0.15) is 5.82 Å². The van der Waals surface area contributed by atoms with E-state index in [0.717, 1.165) is 29.0 Å². The molecule has 0 unspecified atom stereocenters. The fraction of sp³-hybridized carbons (Fsp3) is 0.0833. The van der Waals surface area contributed by atoms with Gasteiger partial charge in [0.25, 0.3) is 0 Å². The van der Waals surface area contributed by atoms with Crippen LogP contribution in [0.1, 0.15) is 11.1 Å². The van der Waals surface area contributed by atoms with Crippen LogP contribution in [0.3, 0.4) is 0 Å². The van der Waals surface area contributed by atoms with Crippen LogP contribution in [0, 0.1) is 6.92 Å². The van der Waals surface area contributed by atoms with E-state index in [2.05, 4.69) is 89.3 Å². The maximum absolute atomic E-state index is 5.04. The summed E-state index contributed by atoms with van der Waals surface area (Å²) in [7, 11) is 0. The molecule has 27 heavy (non-hydrogen) atoms. The molecule has 3 heteroatoms. The Labute approximate surface area is 157 Å². The first-order valence-electron chi connectivity index (χ1n) is 9.13. The third-order valence-corrected chi connectivity index (χ3v) is 5.02.